The Kier molecular flexibility index (Phi) is 10.6. The van der Waals surface area contributed by atoms with Crippen molar-refractivity contribution >= 4 is 0 Å². The summed E-state index contributed by atoms with van der Waals surface area (Å²) in [5.41, 5.74) is 2.69. The molecular formula is C26H36N6O12. The summed E-state index contributed by atoms with van der Waals surface area (Å²) in [6.07, 6.45) is -10.5. The molecule has 0 bridgehead atoms. The van der Waals surface area contributed by atoms with Gasteiger partial charge >= 0.3 is 0 Å². The van der Waals surface area contributed by atoms with Crippen molar-refractivity contribution in [3.63, 3.8) is 0 Å². The highest BCUT2D eigenvalue weighted by Gasteiger charge is 2.45. The molecule has 2 aliphatic rings. The van der Waals surface area contributed by atoms with Crippen molar-refractivity contribution in [3.05, 3.63) is 59.2 Å². The number of aliphatic hydroxyl groups excluding tert-OH is 8. The van der Waals surface area contributed by atoms with Gasteiger partial charge in [-0.25, -0.2) is 9.36 Å². The zero-order chi connectivity index (χ0) is 31.4. The van der Waals surface area contributed by atoms with Gasteiger partial charge in [-0.2, -0.15) is 0 Å². The molecule has 0 amide bonds. The molecule has 0 saturated carbocycles. The van der Waals surface area contributed by atoms with Crippen molar-refractivity contribution in [1.29, 1.82) is 0 Å². The molecule has 0 unspecified atom stereocenters. The van der Waals surface area contributed by atoms with Crippen molar-refractivity contribution in [3.8, 4) is 0 Å². The lowest BCUT2D eigenvalue weighted by atomic mass is 9.99. The van der Waals surface area contributed by atoms with E-state index in [2.05, 4.69) is 20.6 Å². The SMILES string of the molecule is OC[C@H]1O[C@H](OCc2cn(Cc3cccc(Cn4cc(CO[C@H]5O[C@H](CO)[C@@H](O)[C@H](O)[C@@H]5O)nn4)c3)nn2)[C@@H](O)[C@@H](O)[C@@H]1O. The Balaban J connectivity index is 1.11. The van der Waals surface area contributed by atoms with E-state index >= 15 is 0 Å². The van der Waals surface area contributed by atoms with E-state index in [-0.39, 0.29) is 13.2 Å². The van der Waals surface area contributed by atoms with E-state index in [9.17, 15) is 40.9 Å². The standard InChI is InChI=1S/C26H36N6O12/c33-9-17-19(35)21(37)23(39)25(43-17)41-11-15-7-31(29-27-15)5-13-2-1-3-14(4-13)6-32-8-16(28-30-32)12-42-26-24(40)22(38)20(36)18(10-34)44-26/h1-4,7-8,17-26,33-40H,5-6,9-12H2/t17-,18-,19-,20-,21+,22+,23+,24+,25+,26+/m1/s1. The summed E-state index contributed by atoms with van der Waals surface area (Å²) >= 11 is 0. The molecule has 5 rings (SSSR count). The summed E-state index contributed by atoms with van der Waals surface area (Å²) in [4.78, 5) is 0. The molecule has 2 fully saturated rings. The highest BCUT2D eigenvalue weighted by atomic mass is 16.7. The van der Waals surface area contributed by atoms with Gasteiger partial charge in [0.05, 0.1) is 51.9 Å². The van der Waals surface area contributed by atoms with Crippen LogP contribution in [0.4, 0.5) is 0 Å². The van der Waals surface area contributed by atoms with E-state index in [1.807, 2.05) is 24.3 Å². The van der Waals surface area contributed by atoms with Crippen molar-refractivity contribution in [2.45, 2.75) is 87.7 Å². The van der Waals surface area contributed by atoms with Crippen LogP contribution in [0.3, 0.4) is 0 Å². The monoisotopic (exact) mass is 624 g/mol. The second kappa shape index (κ2) is 14.4. The van der Waals surface area contributed by atoms with E-state index in [1.165, 1.54) is 0 Å². The largest absolute Gasteiger partial charge is 0.394 e. The Labute approximate surface area is 250 Å². The second-order valence-corrected chi connectivity index (χ2v) is 10.7. The fourth-order valence-electron chi connectivity index (χ4n) is 4.91. The summed E-state index contributed by atoms with van der Waals surface area (Å²) in [5, 5.41) is 94.8. The Morgan fingerprint density at radius 1 is 0.636 bits per heavy atom. The molecule has 0 spiro atoms. The summed E-state index contributed by atoms with van der Waals surface area (Å²) in [6.45, 7) is -0.544. The Morgan fingerprint density at radius 3 is 1.48 bits per heavy atom. The highest BCUT2D eigenvalue weighted by Crippen LogP contribution is 2.24. The summed E-state index contributed by atoms with van der Waals surface area (Å²) < 4.78 is 24.9. The number of aromatic nitrogens is 6. The first kappa shape index (κ1) is 32.4. The number of rotatable bonds is 12. The zero-order valence-corrected chi connectivity index (χ0v) is 23.4. The van der Waals surface area contributed by atoms with Crippen LogP contribution in [0.2, 0.25) is 0 Å². The molecule has 2 aromatic heterocycles. The molecule has 44 heavy (non-hydrogen) atoms. The van der Waals surface area contributed by atoms with Crippen molar-refractivity contribution < 1.29 is 59.8 Å². The molecule has 1 aromatic carbocycles. The number of hydrogen-bond acceptors (Lipinski definition) is 16. The molecule has 10 atom stereocenters. The predicted molar refractivity (Wildman–Crippen MR) is 142 cm³/mol. The summed E-state index contributed by atoms with van der Waals surface area (Å²) in [7, 11) is 0. The lowest BCUT2D eigenvalue weighted by Crippen LogP contribution is -2.59. The molecule has 4 heterocycles. The number of nitrogens with zero attached hydrogens (tertiary/aromatic N) is 6. The quantitative estimate of drug-likeness (QED) is 0.0946. The van der Waals surface area contributed by atoms with E-state index < -0.39 is 74.6 Å². The van der Waals surface area contributed by atoms with Gasteiger partial charge < -0.3 is 59.8 Å². The number of ether oxygens (including phenoxy) is 4. The van der Waals surface area contributed by atoms with Crippen LogP contribution in [0, 0.1) is 0 Å². The maximum atomic E-state index is 10.1. The molecule has 18 heteroatoms. The third-order valence-electron chi connectivity index (χ3n) is 7.34. The molecule has 242 valence electrons. The van der Waals surface area contributed by atoms with Crippen molar-refractivity contribution in [2.24, 2.45) is 0 Å². The first-order chi connectivity index (χ1) is 21.2. The fraction of sp³-hybridized carbons (Fsp3) is 0.615. The van der Waals surface area contributed by atoms with Crippen LogP contribution in [0.5, 0.6) is 0 Å². The lowest BCUT2D eigenvalue weighted by Gasteiger charge is -2.39. The van der Waals surface area contributed by atoms with Gasteiger partial charge in [0.1, 0.15) is 60.2 Å². The van der Waals surface area contributed by atoms with Gasteiger partial charge in [0, 0.05) is 0 Å². The number of benzene rings is 1. The molecular weight excluding hydrogens is 588 g/mol. The highest BCUT2D eigenvalue weighted by molar-refractivity contribution is 5.24. The summed E-state index contributed by atoms with van der Waals surface area (Å²) in [6, 6.07) is 7.66. The minimum absolute atomic E-state index is 0.0997. The molecule has 2 saturated heterocycles. The number of aliphatic hydroxyl groups is 8. The lowest BCUT2D eigenvalue weighted by molar-refractivity contribution is -0.304. The topological polar surface area (TPSA) is 260 Å². The van der Waals surface area contributed by atoms with E-state index in [4.69, 9.17) is 18.9 Å². The van der Waals surface area contributed by atoms with Crippen LogP contribution in [0.25, 0.3) is 0 Å². The third-order valence-corrected chi connectivity index (χ3v) is 7.34. The van der Waals surface area contributed by atoms with Gasteiger partial charge in [0.2, 0.25) is 0 Å². The van der Waals surface area contributed by atoms with E-state index in [0.717, 1.165) is 11.1 Å². The Bertz CT molecular complexity index is 1240. The van der Waals surface area contributed by atoms with E-state index in [1.54, 1.807) is 21.8 Å². The molecule has 8 N–H and O–H groups in total. The Morgan fingerprint density at radius 2 is 1.07 bits per heavy atom. The van der Waals surface area contributed by atoms with Crippen LogP contribution < -0.4 is 0 Å². The maximum Gasteiger partial charge on any atom is 0.187 e. The molecule has 18 nitrogen and oxygen atoms in total. The first-order valence-electron chi connectivity index (χ1n) is 13.9. The first-order valence-corrected chi connectivity index (χ1v) is 13.9. The fourth-order valence-corrected chi connectivity index (χ4v) is 4.91. The van der Waals surface area contributed by atoms with Crippen LogP contribution in [0.15, 0.2) is 36.7 Å². The smallest absolute Gasteiger partial charge is 0.187 e. The van der Waals surface area contributed by atoms with Crippen molar-refractivity contribution in [1.82, 2.24) is 30.0 Å². The molecule has 2 aliphatic heterocycles. The van der Waals surface area contributed by atoms with Gasteiger partial charge in [-0.1, -0.05) is 34.7 Å². The molecule has 0 aliphatic carbocycles. The predicted octanol–water partition coefficient (Wildman–Crippen LogP) is -4.40. The third kappa shape index (κ3) is 7.45. The molecule has 3 aromatic rings. The van der Waals surface area contributed by atoms with Crippen LogP contribution in [0.1, 0.15) is 22.5 Å². The van der Waals surface area contributed by atoms with Gasteiger partial charge in [-0.05, 0) is 11.1 Å². The van der Waals surface area contributed by atoms with E-state index in [0.29, 0.717) is 24.5 Å². The minimum atomic E-state index is -1.54. The number of hydrogen-bond donors (Lipinski definition) is 8. The van der Waals surface area contributed by atoms with Crippen LogP contribution >= 0.6 is 0 Å². The second-order valence-electron chi connectivity index (χ2n) is 10.7. The average Bonchev–Trinajstić information content (AvgIpc) is 3.67. The van der Waals surface area contributed by atoms with Gasteiger partial charge in [-0.15, -0.1) is 10.2 Å². The maximum absolute atomic E-state index is 10.1. The van der Waals surface area contributed by atoms with Crippen LogP contribution in [-0.4, -0.2) is 145 Å². The summed E-state index contributed by atoms with van der Waals surface area (Å²) in [5.74, 6) is 0. The van der Waals surface area contributed by atoms with Crippen molar-refractivity contribution in [2.75, 3.05) is 13.2 Å². The minimum Gasteiger partial charge on any atom is -0.394 e. The Hall–Kier alpha value is -2.98. The zero-order valence-electron chi connectivity index (χ0n) is 23.4. The van der Waals surface area contributed by atoms with Gasteiger partial charge in [-0.3, -0.25) is 0 Å². The van der Waals surface area contributed by atoms with Crippen LogP contribution in [-0.2, 0) is 45.3 Å². The average molecular weight is 625 g/mol. The molecule has 0 radical (unpaired) electrons. The van der Waals surface area contributed by atoms with Gasteiger partial charge in [0.25, 0.3) is 0 Å². The van der Waals surface area contributed by atoms with Gasteiger partial charge in [0.15, 0.2) is 12.6 Å². The normalized spacial score (nSPS) is 32.6.